The number of rotatable bonds is 10. The molecule has 1 amide bonds. The van der Waals surface area contributed by atoms with Gasteiger partial charge in [0.1, 0.15) is 24.4 Å². The number of benzene rings is 2. The van der Waals surface area contributed by atoms with E-state index in [-0.39, 0.29) is 17.6 Å². The van der Waals surface area contributed by atoms with Crippen LogP contribution in [0.2, 0.25) is 18.1 Å². The fourth-order valence-corrected chi connectivity index (χ4v) is 4.90. The Balaban J connectivity index is 1.87. The van der Waals surface area contributed by atoms with Crippen molar-refractivity contribution in [3.8, 4) is 0 Å². The van der Waals surface area contributed by atoms with Crippen molar-refractivity contribution in [3.63, 3.8) is 0 Å². The maximum atomic E-state index is 12.0. The van der Waals surface area contributed by atoms with E-state index in [1.165, 1.54) is 6.92 Å². The minimum Gasteiger partial charge on any atom is -0.414 e. The molecule has 1 aliphatic heterocycles. The molecule has 0 radical (unpaired) electrons. The van der Waals surface area contributed by atoms with Gasteiger partial charge in [0.25, 0.3) is 0 Å². The van der Waals surface area contributed by atoms with E-state index in [2.05, 4.69) is 39.2 Å². The van der Waals surface area contributed by atoms with Crippen LogP contribution in [0.15, 0.2) is 60.7 Å². The van der Waals surface area contributed by atoms with Gasteiger partial charge in [-0.05, 0) is 29.3 Å². The number of ether oxygens (including phenoxy) is 3. The van der Waals surface area contributed by atoms with E-state index >= 15 is 0 Å². The zero-order valence-electron chi connectivity index (χ0n) is 22.3. The molecule has 2 unspecified atom stereocenters. The minimum atomic E-state index is -2.09. The Morgan fingerprint density at radius 3 is 1.92 bits per heavy atom. The zero-order valence-corrected chi connectivity index (χ0v) is 23.3. The monoisotopic (exact) mass is 515 g/mol. The van der Waals surface area contributed by atoms with Crippen molar-refractivity contribution in [2.24, 2.45) is 0 Å². The Morgan fingerprint density at radius 1 is 0.944 bits per heavy atom. The van der Waals surface area contributed by atoms with E-state index in [1.807, 2.05) is 60.7 Å². The predicted octanol–water partition coefficient (Wildman–Crippen LogP) is 4.40. The summed E-state index contributed by atoms with van der Waals surface area (Å²) >= 11 is 0. The van der Waals surface area contributed by atoms with Crippen LogP contribution in [-0.2, 0) is 36.6 Å². The first-order valence-corrected chi connectivity index (χ1v) is 15.4. The molecule has 198 valence electrons. The number of aliphatic hydroxyl groups is 1. The third-order valence-electron chi connectivity index (χ3n) is 7.02. The molecule has 36 heavy (non-hydrogen) atoms. The summed E-state index contributed by atoms with van der Waals surface area (Å²) in [6.07, 6.45) is -3.09. The van der Waals surface area contributed by atoms with Crippen molar-refractivity contribution >= 4 is 14.2 Å². The second-order valence-corrected chi connectivity index (χ2v) is 15.7. The lowest BCUT2D eigenvalue weighted by molar-refractivity contribution is -0.274. The Bertz CT molecular complexity index is 950. The molecule has 0 spiro atoms. The molecule has 0 aromatic heterocycles. The Labute approximate surface area is 216 Å². The van der Waals surface area contributed by atoms with Gasteiger partial charge in [-0.1, -0.05) is 81.4 Å². The standard InChI is InChI=1S/C28H41NO6Si/c1-20(30)29-24-26(33-18-22-15-11-8-12-16-22)25(32-17-21-13-9-7-10-14-21)23(35-27(24)31)19-34-36(5,6)28(2,3)4/h7-16,23-27,31H,17-19H2,1-6H3,(H,29,30)/t23?,24?,25-,26+,27+/m0/s1. The summed E-state index contributed by atoms with van der Waals surface area (Å²) < 4.78 is 25.3. The number of carbonyl (C=O) groups is 1. The average molecular weight is 516 g/mol. The summed E-state index contributed by atoms with van der Waals surface area (Å²) in [5, 5.41) is 13.8. The van der Waals surface area contributed by atoms with Gasteiger partial charge in [0, 0.05) is 6.92 Å². The second kappa shape index (κ2) is 12.4. The molecule has 2 N–H and O–H groups in total. The molecule has 3 rings (SSSR count). The molecule has 2 aromatic rings. The lowest BCUT2D eigenvalue weighted by Crippen LogP contribution is -2.65. The molecule has 0 aliphatic carbocycles. The largest absolute Gasteiger partial charge is 0.414 e. The molecule has 2 aromatic carbocycles. The smallest absolute Gasteiger partial charge is 0.217 e. The molecule has 7 nitrogen and oxygen atoms in total. The molecule has 0 saturated carbocycles. The maximum absolute atomic E-state index is 12.0. The van der Waals surface area contributed by atoms with Crippen molar-refractivity contribution in [1.82, 2.24) is 5.32 Å². The molecule has 5 atom stereocenters. The molecule has 1 fully saturated rings. The number of nitrogens with one attached hydrogen (secondary N) is 1. The Kier molecular flexibility index (Phi) is 9.85. The van der Waals surface area contributed by atoms with Gasteiger partial charge in [0.05, 0.1) is 19.8 Å². The number of aliphatic hydroxyl groups excluding tert-OH is 1. The third-order valence-corrected chi connectivity index (χ3v) is 11.5. The lowest BCUT2D eigenvalue weighted by atomic mass is 9.96. The topological polar surface area (TPSA) is 86.3 Å². The van der Waals surface area contributed by atoms with Crippen LogP contribution in [0.5, 0.6) is 0 Å². The first-order chi connectivity index (χ1) is 17.0. The fraction of sp³-hybridized carbons (Fsp3) is 0.536. The summed E-state index contributed by atoms with van der Waals surface area (Å²) in [5.41, 5.74) is 1.99. The van der Waals surface area contributed by atoms with Crippen LogP contribution in [0.25, 0.3) is 0 Å². The van der Waals surface area contributed by atoms with Crippen LogP contribution in [0.1, 0.15) is 38.8 Å². The van der Waals surface area contributed by atoms with E-state index in [9.17, 15) is 9.90 Å². The molecule has 1 heterocycles. The van der Waals surface area contributed by atoms with Crippen molar-refractivity contribution in [3.05, 3.63) is 71.8 Å². The summed E-state index contributed by atoms with van der Waals surface area (Å²) in [5.74, 6) is -0.284. The number of carbonyl (C=O) groups excluding carboxylic acids is 1. The summed E-state index contributed by atoms with van der Waals surface area (Å²) in [6.45, 7) is 13.2. The van der Waals surface area contributed by atoms with Gasteiger partial charge < -0.3 is 29.1 Å². The molecular formula is C28H41NO6Si. The molecule has 1 saturated heterocycles. The lowest BCUT2D eigenvalue weighted by Gasteiger charge is -2.46. The van der Waals surface area contributed by atoms with Crippen LogP contribution < -0.4 is 5.32 Å². The minimum absolute atomic E-state index is 0.0165. The van der Waals surface area contributed by atoms with Crippen LogP contribution >= 0.6 is 0 Å². The van der Waals surface area contributed by atoms with Crippen molar-refractivity contribution in [2.75, 3.05) is 6.61 Å². The van der Waals surface area contributed by atoms with Gasteiger partial charge >= 0.3 is 0 Å². The van der Waals surface area contributed by atoms with Gasteiger partial charge in [-0.2, -0.15) is 0 Å². The van der Waals surface area contributed by atoms with Gasteiger partial charge in [0.2, 0.25) is 5.91 Å². The highest BCUT2D eigenvalue weighted by molar-refractivity contribution is 6.74. The Hall–Kier alpha value is -2.07. The fourth-order valence-electron chi connectivity index (χ4n) is 3.88. The van der Waals surface area contributed by atoms with Crippen LogP contribution in [0.3, 0.4) is 0 Å². The van der Waals surface area contributed by atoms with Crippen LogP contribution in [0.4, 0.5) is 0 Å². The summed E-state index contributed by atoms with van der Waals surface area (Å²) in [6, 6.07) is 18.8. The zero-order chi connectivity index (χ0) is 26.3. The van der Waals surface area contributed by atoms with Gasteiger partial charge in [-0.15, -0.1) is 0 Å². The van der Waals surface area contributed by atoms with E-state index < -0.39 is 39.0 Å². The molecule has 1 aliphatic rings. The molecular weight excluding hydrogens is 474 g/mol. The maximum Gasteiger partial charge on any atom is 0.217 e. The number of hydrogen-bond acceptors (Lipinski definition) is 6. The van der Waals surface area contributed by atoms with E-state index in [0.29, 0.717) is 13.2 Å². The van der Waals surface area contributed by atoms with Gasteiger partial charge in [0.15, 0.2) is 14.6 Å². The summed E-state index contributed by atoms with van der Waals surface area (Å²) in [4.78, 5) is 12.0. The SMILES string of the molecule is CC(=O)NC1[C@H](O)OC(CO[Si](C)(C)C(C)(C)C)[C@H](OCc2ccccc2)[C@@H]1OCc1ccccc1. The molecule has 0 bridgehead atoms. The summed E-state index contributed by atoms with van der Waals surface area (Å²) in [7, 11) is -2.09. The average Bonchev–Trinajstić information content (AvgIpc) is 2.82. The van der Waals surface area contributed by atoms with Crippen molar-refractivity contribution in [2.45, 2.75) is 89.7 Å². The van der Waals surface area contributed by atoms with E-state index in [1.54, 1.807) is 0 Å². The Morgan fingerprint density at radius 2 is 1.44 bits per heavy atom. The third kappa shape index (κ3) is 7.71. The van der Waals surface area contributed by atoms with Crippen molar-refractivity contribution in [1.29, 1.82) is 0 Å². The van der Waals surface area contributed by atoms with Crippen molar-refractivity contribution < 1.29 is 28.5 Å². The molecule has 8 heteroatoms. The number of amides is 1. The second-order valence-electron chi connectivity index (χ2n) is 10.9. The highest BCUT2D eigenvalue weighted by Gasteiger charge is 2.48. The number of hydrogen-bond donors (Lipinski definition) is 2. The predicted molar refractivity (Wildman–Crippen MR) is 142 cm³/mol. The van der Waals surface area contributed by atoms with Crippen LogP contribution in [0, 0.1) is 0 Å². The highest BCUT2D eigenvalue weighted by atomic mass is 28.4. The van der Waals surface area contributed by atoms with Gasteiger partial charge in [-0.25, -0.2) is 0 Å². The first-order valence-electron chi connectivity index (χ1n) is 12.5. The van der Waals surface area contributed by atoms with Crippen LogP contribution in [-0.4, -0.2) is 56.6 Å². The highest BCUT2D eigenvalue weighted by Crippen LogP contribution is 2.37. The van der Waals surface area contributed by atoms with Gasteiger partial charge in [-0.3, -0.25) is 4.79 Å². The van der Waals surface area contributed by atoms with E-state index in [4.69, 9.17) is 18.6 Å². The first kappa shape index (κ1) is 28.5. The quantitative estimate of drug-likeness (QED) is 0.456. The normalized spacial score (nSPS) is 24.9. The van der Waals surface area contributed by atoms with E-state index in [0.717, 1.165) is 11.1 Å².